The van der Waals surface area contributed by atoms with E-state index in [9.17, 15) is 14.7 Å². The van der Waals surface area contributed by atoms with Crippen LogP contribution in [0.5, 0.6) is 6.01 Å². The number of hydrogen-bond acceptors (Lipinski definition) is 4. The van der Waals surface area contributed by atoms with E-state index in [1.165, 1.54) is 0 Å². The number of imidazole rings is 1. The van der Waals surface area contributed by atoms with Crippen LogP contribution in [0.2, 0.25) is 0 Å². The summed E-state index contributed by atoms with van der Waals surface area (Å²) in [6.07, 6.45) is 0.659. The highest BCUT2D eigenvalue weighted by Gasteiger charge is 2.18. The minimum absolute atomic E-state index is 0.182. The van der Waals surface area contributed by atoms with Crippen LogP contribution in [0.25, 0.3) is 22.2 Å². The number of nitrogens with one attached hydrogen (secondary N) is 1. The van der Waals surface area contributed by atoms with Crippen molar-refractivity contribution in [3.63, 3.8) is 0 Å². The quantitative estimate of drug-likeness (QED) is 0.416. The lowest BCUT2D eigenvalue weighted by Crippen LogP contribution is -2.08. The number of hydrogen-bond donors (Lipinski definition) is 2. The van der Waals surface area contributed by atoms with E-state index in [4.69, 9.17) is 4.74 Å². The number of benzene rings is 3. The van der Waals surface area contributed by atoms with Crippen LogP contribution in [0.4, 0.5) is 5.69 Å². The van der Waals surface area contributed by atoms with Crippen LogP contribution in [-0.2, 0) is 11.3 Å². The molecule has 0 aliphatic carbocycles. The zero-order valence-electron chi connectivity index (χ0n) is 16.9. The summed E-state index contributed by atoms with van der Waals surface area (Å²) >= 11 is 0. The van der Waals surface area contributed by atoms with Gasteiger partial charge in [-0.25, -0.2) is 4.79 Å². The van der Waals surface area contributed by atoms with Gasteiger partial charge in [-0.15, -0.1) is 0 Å². The summed E-state index contributed by atoms with van der Waals surface area (Å²) in [5.74, 6) is -1.01. The topological polar surface area (TPSA) is 93.4 Å². The van der Waals surface area contributed by atoms with E-state index in [1.807, 2.05) is 55.5 Å². The summed E-state index contributed by atoms with van der Waals surface area (Å²) in [5.41, 5.74) is 4.86. The van der Waals surface area contributed by atoms with Crippen molar-refractivity contribution in [3.8, 4) is 17.1 Å². The van der Waals surface area contributed by atoms with Gasteiger partial charge < -0.3 is 15.2 Å². The van der Waals surface area contributed by atoms with Crippen LogP contribution in [0.15, 0.2) is 66.7 Å². The lowest BCUT2D eigenvalue weighted by molar-refractivity contribution is -0.105. The van der Waals surface area contributed by atoms with Crippen molar-refractivity contribution in [2.75, 3.05) is 11.9 Å². The highest BCUT2D eigenvalue weighted by atomic mass is 16.5. The molecular weight excluding hydrogens is 394 g/mol. The maximum Gasteiger partial charge on any atom is 0.337 e. The van der Waals surface area contributed by atoms with Gasteiger partial charge in [-0.3, -0.25) is 9.36 Å². The molecular formula is C24H21N3O4. The number of rotatable bonds is 8. The van der Waals surface area contributed by atoms with Gasteiger partial charge in [-0.1, -0.05) is 48.5 Å². The largest absolute Gasteiger partial charge is 0.478 e. The number of carboxylic acids is 1. The molecule has 7 nitrogen and oxygen atoms in total. The Morgan fingerprint density at radius 1 is 1.10 bits per heavy atom. The second-order valence-electron chi connectivity index (χ2n) is 6.90. The van der Waals surface area contributed by atoms with Crippen molar-refractivity contribution in [2.24, 2.45) is 0 Å². The van der Waals surface area contributed by atoms with Crippen LogP contribution in [0, 0.1) is 0 Å². The standard InChI is InChI=1S/C24H21N3O4/c1-2-31-24-26-21-9-5-7-19(23(29)30)22(21)27(24)14-16-10-12-17(13-11-16)18-6-3-4-8-20(18)25-15-28/h3-13,15H,2,14H2,1H3,(H,25,28)(H,29,30). The second-order valence-corrected chi connectivity index (χ2v) is 6.90. The molecule has 2 N–H and O–H groups in total. The van der Waals surface area contributed by atoms with Crippen LogP contribution in [0.3, 0.4) is 0 Å². The van der Waals surface area contributed by atoms with Gasteiger partial charge in [-0.05, 0) is 36.2 Å². The summed E-state index contributed by atoms with van der Waals surface area (Å²) < 4.78 is 7.47. The Labute approximate surface area is 178 Å². The number of carboxylic acid groups (broad SMARTS) is 1. The number of aromatic carboxylic acids is 1. The predicted molar refractivity (Wildman–Crippen MR) is 119 cm³/mol. The summed E-state index contributed by atoms with van der Waals surface area (Å²) in [6, 6.07) is 20.9. The number of amides is 1. The predicted octanol–water partition coefficient (Wildman–Crippen LogP) is 4.42. The smallest absolute Gasteiger partial charge is 0.337 e. The number of fused-ring (bicyclic) bond motifs is 1. The third-order valence-electron chi connectivity index (χ3n) is 4.98. The Morgan fingerprint density at radius 2 is 1.87 bits per heavy atom. The summed E-state index contributed by atoms with van der Waals surface area (Å²) in [6.45, 7) is 2.69. The SMILES string of the molecule is CCOc1nc2cccc(C(=O)O)c2n1Cc1ccc(-c2ccccc2NC=O)cc1. The number of aromatic nitrogens is 2. The molecule has 0 fully saturated rings. The Bertz CT molecular complexity index is 1250. The Hall–Kier alpha value is -4.13. The maximum atomic E-state index is 11.8. The minimum atomic E-state index is -1.01. The molecule has 0 radical (unpaired) electrons. The lowest BCUT2D eigenvalue weighted by Gasteiger charge is -2.12. The number of anilines is 1. The van der Waals surface area contributed by atoms with E-state index < -0.39 is 5.97 Å². The van der Waals surface area contributed by atoms with Crippen molar-refractivity contribution in [1.82, 2.24) is 9.55 Å². The second kappa shape index (κ2) is 8.71. The van der Waals surface area contributed by atoms with Gasteiger partial charge in [0.25, 0.3) is 6.01 Å². The van der Waals surface area contributed by atoms with Crippen LogP contribution >= 0.6 is 0 Å². The fourth-order valence-corrected chi connectivity index (χ4v) is 3.62. The normalized spacial score (nSPS) is 10.7. The van der Waals surface area contributed by atoms with Crippen LogP contribution in [-0.4, -0.2) is 33.6 Å². The van der Waals surface area contributed by atoms with E-state index in [1.54, 1.807) is 22.8 Å². The monoisotopic (exact) mass is 415 g/mol. The number of carbonyl (C=O) groups excluding carboxylic acids is 1. The van der Waals surface area contributed by atoms with Crippen LogP contribution in [0.1, 0.15) is 22.8 Å². The fourth-order valence-electron chi connectivity index (χ4n) is 3.62. The van der Waals surface area contributed by atoms with E-state index in [0.29, 0.717) is 36.6 Å². The average Bonchev–Trinajstić information content (AvgIpc) is 3.12. The number of carbonyl (C=O) groups is 2. The molecule has 4 rings (SSSR count). The van der Waals surface area contributed by atoms with Gasteiger partial charge in [-0.2, -0.15) is 4.98 Å². The Morgan fingerprint density at radius 3 is 2.58 bits per heavy atom. The molecule has 1 heterocycles. The molecule has 1 aromatic heterocycles. The Kier molecular flexibility index (Phi) is 5.66. The summed E-state index contributed by atoms with van der Waals surface area (Å²) in [5, 5.41) is 12.4. The first kappa shape index (κ1) is 20.2. The van der Waals surface area contributed by atoms with Crippen molar-refractivity contribution in [1.29, 1.82) is 0 Å². The maximum absolute atomic E-state index is 11.8. The van der Waals surface area contributed by atoms with E-state index in [0.717, 1.165) is 22.4 Å². The molecule has 31 heavy (non-hydrogen) atoms. The average molecular weight is 415 g/mol. The zero-order chi connectivity index (χ0) is 21.8. The first-order valence-corrected chi connectivity index (χ1v) is 9.86. The molecule has 3 aromatic carbocycles. The first-order chi connectivity index (χ1) is 15.1. The van der Waals surface area contributed by atoms with Crippen molar-refractivity contribution < 1.29 is 19.4 Å². The lowest BCUT2D eigenvalue weighted by atomic mass is 10.0. The molecule has 156 valence electrons. The molecule has 7 heteroatoms. The minimum Gasteiger partial charge on any atom is -0.478 e. The zero-order valence-corrected chi connectivity index (χ0v) is 16.9. The van der Waals surface area contributed by atoms with E-state index in [2.05, 4.69) is 10.3 Å². The van der Waals surface area contributed by atoms with Crippen LogP contribution < -0.4 is 10.1 Å². The molecule has 0 saturated heterocycles. The molecule has 0 bridgehead atoms. The van der Waals surface area contributed by atoms with Gasteiger partial charge in [0.1, 0.15) is 0 Å². The molecule has 0 atom stereocenters. The van der Waals surface area contributed by atoms with Gasteiger partial charge >= 0.3 is 5.97 Å². The van der Waals surface area contributed by atoms with Crippen molar-refractivity contribution >= 4 is 29.1 Å². The highest BCUT2D eigenvalue weighted by Crippen LogP contribution is 2.29. The number of ether oxygens (including phenoxy) is 1. The molecule has 4 aromatic rings. The fraction of sp³-hybridized carbons (Fsp3) is 0.125. The highest BCUT2D eigenvalue weighted by molar-refractivity contribution is 6.01. The van der Waals surface area contributed by atoms with Gasteiger partial charge in [0.15, 0.2) is 0 Å². The van der Waals surface area contributed by atoms with Gasteiger partial charge in [0.05, 0.1) is 29.7 Å². The third-order valence-corrected chi connectivity index (χ3v) is 4.98. The first-order valence-electron chi connectivity index (χ1n) is 9.86. The number of nitrogens with zero attached hydrogens (tertiary/aromatic N) is 2. The summed E-state index contributed by atoms with van der Waals surface area (Å²) in [7, 11) is 0. The van der Waals surface area contributed by atoms with Gasteiger partial charge in [0.2, 0.25) is 6.41 Å². The number of para-hydroxylation sites is 2. The van der Waals surface area contributed by atoms with Crippen molar-refractivity contribution in [2.45, 2.75) is 13.5 Å². The van der Waals surface area contributed by atoms with E-state index >= 15 is 0 Å². The van der Waals surface area contributed by atoms with E-state index in [-0.39, 0.29) is 5.56 Å². The molecule has 0 aliphatic rings. The molecule has 0 unspecified atom stereocenters. The molecule has 1 amide bonds. The third kappa shape index (κ3) is 3.98. The van der Waals surface area contributed by atoms with Crippen molar-refractivity contribution in [3.05, 3.63) is 77.9 Å². The molecule has 0 spiro atoms. The van der Waals surface area contributed by atoms with Gasteiger partial charge in [0, 0.05) is 11.3 Å². The molecule has 0 aliphatic heterocycles. The Balaban J connectivity index is 1.72. The molecule has 0 saturated carbocycles. The summed E-state index contributed by atoms with van der Waals surface area (Å²) in [4.78, 5) is 27.1.